The number of carbonyl (C=O) groups excluding carboxylic acids is 1. The third-order valence-corrected chi connectivity index (χ3v) is 5.03. The van der Waals surface area contributed by atoms with Gasteiger partial charge in [0.25, 0.3) is 0 Å². The summed E-state index contributed by atoms with van der Waals surface area (Å²) < 4.78 is 0. The summed E-state index contributed by atoms with van der Waals surface area (Å²) in [6.07, 6.45) is 6.82. The Morgan fingerprint density at radius 2 is 2.19 bits per heavy atom. The Hall–Kier alpha value is -0.360. The lowest BCUT2D eigenvalue weighted by atomic mass is 9.99. The first-order chi connectivity index (χ1) is 9.10. The number of hydrogen-bond acceptors (Lipinski definition) is 4. The highest BCUT2D eigenvalue weighted by atomic mass is 35.5. The number of aryl methyl sites for hydroxylation is 1. The number of rotatable bonds is 5. The minimum atomic E-state index is 0. The summed E-state index contributed by atoms with van der Waals surface area (Å²) in [7, 11) is 1.86. The van der Waals surface area contributed by atoms with E-state index >= 15 is 0 Å². The molecule has 0 saturated heterocycles. The molecule has 2 N–H and O–H groups in total. The number of amides is 1. The molecule has 4 nitrogen and oxygen atoms in total. The van der Waals surface area contributed by atoms with Crippen molar-refractivity contribution in [2.45, 2.75) is 51.6 Å². The van der Waals surface area contributed by atoms with E-state index in [1.165, 1.54) is 4.88 Å². The average molecular weight is 354 g/mol. The molecule has 21 heavy (non-hydrogen) atoms. The van der Waals surface area contributed by atoms with Gasteiger partial charge in [0, 0.05) is 30.6 Å². The van der Waals surface area contributed by atoms with Crippen molar-refractivity contribution in [3.8, 4) is 0 Å². The van der Waals surface area contributed by atoms with Crippen molar-refractivity contribution in [3.05, 3.63) is 16.1 Å². The van der Waals surface area contributed by atoms with Crippen molar-refractivity contribution >= 4 is 42.1 Å². The second-order valence-corrected chi connectivity index (χ2v) is 6.58. The van der Waals surface area contributed by atoms with Crippen LogP contribution in [0.15, 0.2) is 6.20 Å². The predicted molar refractivity (Wildman–Crippen MR) is 92.4 cm³/mol. The topological polar surface area (TPSA) is 59.2 Å². The predicted octanol–water partition coefficient (Wildman–Crippen LogP) is 3.03. The molecule has 2 atom stereocenters. The van der Waals surface area contributed by atoms with E-state index in [0.717, 1.165) is 30.7 Å². The summed E-state index contributed by atoms with van der Waals surface area (Å²) in [6, 6.07) is 0.212. The minimum absolute atomic E-state index is 0. The van der Waals surface area contributed by atoms with E-state index in [1.807, 2.05) is 13.2 Å². The van der Waals surface area contributed by atoms with Gasteiger partial charge in [0.1, 0.15) is 5.01 Å². The molecule has 1 aliphatic rings. The number of aromatic nitrogens is 1. The van der Waals surface area contributed by atoms with Crippen molar-refractivity contribution in [3.63, 3.8) is 0 Å². The van der Waals surface area contributed by atoms with Crippen LogP contribution >= 0.6 is 36.2 Å². The molecule has 7 heteroatoms. The molecule has 1 amide bonds. The van der Waals surface area contributed by atoms with Crippen LogP contribution in [0, 0.1) is 5.92 Å². The molecule has 1 aromatic rings. The maximum absolute atomic E-state index is 12.2. The van der Waals surface area contributed by atoms with Gasteiger partial charge in [-0.3, -0.25) is 4.79 Å². The molecular weight excluding hydrogens is 329 g/mol. The van der Waals surface area contributed by atoms with Gasteiger partial charge in [0.15, 0.2) is 0 Å². The molecule has 0 aliphatic heterocycles. The molecule has 0 spiro atoms. The molecule has 1 fully saturated rings. The average Bonchev–Trinajstić information content (AvgIpc) is 2.99. The van der Waals surface area contributed by atoms with E-state index in [9.17, 15) is 4.79 Å². The molecule has 0 unspecified atom stereocenters. The van der Waals surface area contributed by atoms with Crippen LogP contribution in [0.5, 0.6) is 0 Å². The van der Waals surface area contributed by atoms with Gasteiger partial charge >= 0.3 is 0 Å². The summed E-state index contributed by atoms with van der Waals surface area (Å²) in [5.41, 5.74) is 6.02. The van der Waals surface area contributed by atoms with E-state index in [1.54, 1.807) is 16.2 Å². The Morgan fingerprint density at radius 1 is 1.48 bits per heavy atom. The fourth-order valence-corrected chi connectivity index (χ4v) is 3.49. The molecule has 122 valence electrons. The normalized spacial score (nSPS) is 20.5. The SMILES string of the molecule is CCc1cnc(CN(C)C(=O)C[C@@H]2CCC[C@H]2N)s1.Cl.Cl. The van der Waals surface area contributed by atoms with Crippen molar-refractivity contribution in [1.82, 2.24) is 9.88 Å². The summed E-state index contributed by atoms with van der Waals surface area (Å²) in [6.45, 7) is 2.74. The number of nitrogens with zero attached hydrogens (tertiary/aromatic N) is 2. The quantitative estimate of drug-likeness (QED) is 0.884. The maximum Gasteiger partial charge on any atom is 0.223 e. The monoisotopic (exact) mass is 353 g/mol. The van der Waals surface area contributed by atoms with E-state index in [0.29, 0.717) is 18.9 Å². The lowest BCUT2D eigenvalue weighted by molar-refractivity contribution is -0.131. The Morgan fingerprint density at radius 3 is 2.71 bits per heavy atom. The van der Waals surface area contributed by atoms with Crippen LogP contribution in [0.25, 0.3) is 0 Å². The van der Waals surface area contributed by atoms with Gasteiger partial charge in [-0.2, -0.15) is 0 Å². The number of hydrogen-bond donors (Lipinski definition) is 1. The fourth-order valence-electron chi connectivity index (χ4n) is 2.57. The van der Waals surface area contributed by atoms with Crippen LogP contribution in [0.1, 0.15) is 42.5 Å². The lowest BCUT2D eigenvalue weighted by Gasteiger charge is -2.20. The van der Waals surface area contributed by atoms with Gasteiger partial charge in [-0.15, -0.1) is 36.2 Å². The first kappa shape index (κ1) is 20.6. The Kier molecular flexibility index (Phi) is 9.45. The summed E-state index contributed by atoms with van der Waals surface area (Å²) in [4.78, 5) is 19.6. The minimum Gasteiger partial charge on any atom is -0.339 e. The molecular formula is C14H25Cl2N3OS. The smallest absolute Gasteiger partial charge is 0.223 e. The molecule has 0 aromatic carbocycles. The molecule has 1 aromatic heterocycles. The van der Waals surface area contributed by atoms with Crippen molar-refractivity contribution in [2.24, 2.45) is 11.7 Å². The fraction of sp³-hybridized carbons (Fsp3) is 0.714. The highest BCUT2D eigenvalue weighted by Gasteiger charge is 2.27. The third-order valence-electron chi connectivity index (χ3n) is 3.90. The lowest BCUT2D eigenvalue weighted by Crippen LogP contribution is -2.32. The molecule has 0 bridgehead atoms. The molecule has 1 heterocycles. The third kappa shape index (κ3) is 5.74. The van der Waals surface area contributed by atoms with Crippen LogP contribution in [0.4, 0.5) is 0 Å². The van der Waals surface area contributed by atoms with Gasteiger partial charge in [0.2, 0.25) is 5.91 Å². The van der Waals surface area contributed by atoms with Crippen molar-refractivity contribution in [2.75, 3.05) is 7.05 Å². The Bertz CT molecular complexity index is 442. The highest BCUT2D eigenvalue weighted by Crippen LogP contribution is 2.27. The van der Waals surface area contributed by atoms with Crippen LogP contribution in [0.2, 0.25) is 0 Å². The largest absolute Gasteiger partial charge is 0.339 e. The van der Waals surface area contributed by atoms with Gasteiger partial charge in [-0.05, 0) is 25.2 Å². The molecule has 1 aliphatic carbocycles. The van der Waals surface area contributed by atoms with Crippen LogP contribution < -0.4 is 5.73 Å². The van der Waals surface area contributed by atoms with Gasteiger partial charge < -0.3 is 10.6 Å². The van der Waals surface area contributed by atoms with Gasteiger partial charge in [-0.25, -0.2) is 4.98 Å². The second kappa shape index (κ2) is 9.62. The zero-order valence-electron chi connectivity index (χ0n) is 12.6. The van der Waals surface area contributed by atoms with E-state index in [-0.39, 0.29) is 36.8 Å². The van der Waals surface area contributed by atoms with E-state index in [4.69, 9.17) is 5.73 Å². The number of nitrogens with two attached hydrogens (primary N) is 1. The van der Waals surface area contributed by atoms with Gasteiger partial charge in [0.05, 0.1) is 6.54 Å². The van der Waals surface area contributed by atoms with Crippen LogP contribution in [-0.2, 0) is 17.8 Å². The van der Waals surface area contributed by atoms with Crippen LogP contribution in [0.3, 0.4) is 0 Å². The van der Waals surface area contributed by atoms with E-state index < -0.39 is 0 Å². The second-order valence-electron chi connectivity index (χ2n) is 5.38. The summed E-state index contributed by atoms with van der Waals surface area (Å²) in [5.74, 6) is 0.563. The summed E-state index contributed by atoms with van der Waals surface area (Å²) in [5, 5.41) is 1.02. The van der Waals surface area contributed by atoms with Gasteiger partial charge in [-0.1, -0.05) is 13.3 Å². The van der Waals surface area contributed by atoms with Crippen LogP contribution in [-0.4, -0.2) is 28.9 Å². The van der Waals surface area contributed by atoms with E-state index in [2.05, 4.69) is 11.9 Å². The first-order valence-electron chi connectivity index (χ1n) is 7.03. The molecule has 1 saturated carbocycles. The number of carbonyl (C=O) groups is 1. The Labute approximate surface area is 143 Å². The highest BCUT2D eigenvalue weighted by molar-refractivity contribution is 7.11. The first-order valence-corrected chi connectivity index (χ1v) is 7.85. The van der Waals surface area contributed by atoms with Crippen molar-refractivity contribution in [1.29, 1.82) is 0 Å². The summed E-state index contributed by atoms with van der Waals surface area (Å²) >= 11 is 1.69. The standard InChI is InChI=1S/C14H23N3OS.2ClH/c1-3-11-8-16-13(19-11)9-17(2)14(18)7-10-5-4-6-12(10)15;;/h8,10,12H,3-7,9,15H2,1-2H3;2*1H/t10-,12+;;/m0../s1. The number of halogens is 2. The number of thiazole rings is 1. The molecule has 2 rings (SSSR count). The zero-order valence-corrected chi connectivity index (χ0v) is 15.0. The van der Waals surface area contributed by atoms with Crippen molar-refractivity contribution < 1.29 is 4.79 Å². The Balaban J connectivity index is 0.00000200. The molecule has 0 radical (unpaired) electrons. The maximum atomic E-state index is 12.2. The zero-order chi connectivity index (χ0) is 13.8.